The molecule has 2 aromatic carbocycles. The minimum absolute atomic E-state index is 0.577. The zero-order chi connectivity index (χ0) is 22.7. The van der Waals surface area contributed by atoms with Crippen LogP contribution in [0.15, 0.2) is 60.9 Å². The maximum atomic E-state index is 4.77. The fraction of sp³-hybridized carbons (Fsp3) is 0.308. The topological polar surface area (TPSA) is 82.1 Å². The Morgan fingerprint density at radius 3 is 2.44 bits per heavy atom. The molecule has 4 aromatic rings. The fourth-order valence-electron chi connectivity index (χ4n) is 4.64. The third kappa shape index (κ3) is 4.36. The molecule has 0 aliphatic carbocycles. The number of hydrogen-bond acceptors (Lipinski definition) is 8. The van der Waals surface area contributed by atoms with E-state index in [1.807, 2.05) is 12.3 Å². The van der Waals surface area contributed by atoms with Crippen LogP contribution in [-0.2, 0) is 0 Å². The lowest BCUT2D eigenvalue weighted by Crippen LogP contribution is -2.43. The molecular weight excluding hydrogens is 424 g/mol. The van der Waals surface area contributed by atoms with Crippen molar-refractivity contribution in [1.29, 1.82) is 0 Å². The van der Waals surface area contributed by atoms with Crippen LogP contribution in [0.2, 0.25) is 0 Å². The Morgan fingerprint density at radius 1 is 0.794 bits per heavy atom. The van der Waals surface area contributed by atoms with E-state index >= 15 is 0 Å². The normalized spacial score (nSPS) is 16.2. The number of benzene rings is 2. The van der Waals surface area contributed by atoms with Crippen molar-refractivity contribution in [2.45, 2.75) is 12.8 Å². The second-order valence-corrected chi connectivity index (χ2v) is 8.81. The van der Waals surface area contributed by atoms with Crippen molar-refractivity contribution in [3.8, 4) is 11.3 Å². The van der Waals surface area contributed by atoms with Gasteiger partial charge in [0.25, 0.3) is 0 Å². The number of anilines is 4. The summed E-state index contributed by atoms with van der Waals surface area (Å²) in [7, 11) is 0. The highest BCUT2D eigenvalue weighted by molar-refractivity contribution is 5.84. The third-order valence-electron chi connectivity index (χ3n) is 6.51. The lowest BCUT2D eigenvalue weighted by molar-refractivity contribution is 0.589. The number of hydrogen-bond donors (Lipinski definition) is 2. The van der Waals surface area contributed by atoms with Crippen LogP contribution in [0, 0.1) is 0 Å². The molecule has 0 amide bonds. The van der Waals surface area contributed by atoms with E-state index in [1.54, 1.807) is 6.20 Å². The van der Waals surface area contributed by atoms with Gasteiger partial charge in [-0.3, -0.25) is 0 Å². The van der Waals surface area contributed by atoms with Crippen molar-refractivity contribution >= 4 is 34.2 Å². The van der Waals surface area contributed by atoms with Crippen LogP contribution in [0.3, 0.4) is 0 Å². The first kappa shape index (κ1) is 20.8. The van der Waals surface area contributed by atoms with Crippen molar-refractivity contribution in [3.05, 3.63) is 60.9 Å². The maximum absolute atomic E-state index is 4.77. The number of aromatic nitrogens is 4. The summed E-state index contributed by atoms with van der Waals surface area (Å²) in [6.07, 6.45) is 6.13. The average Bonchev–Trinajstić information content (AvgIpc) is 3.44. The van der Waals surface area contributed by atoms with Crippen LogP contribution < -0.4 is 20.4 Å². The Bertz CT molecular complexity index is 1280. The first-order valence-electron chi connectivity index (χ1n) is 12.0. The van der Waals surface area contributed by atoms with E-state index in [9.17, 15) is 0 Å². The van der Waals surface area contributed by atoms with Crippen molar-refractivity contribution in [1.82, 2.24) is 25.3 Å². The van der Waals surface area contributed by atoms with Crippen LogP contribution >= 0.6 is 0 Å². The van der Waals surface area contributed by atoms with Crippen LogP contribution in [0.25, 0.3) is 22.2 Å². The molecule has 8 nitrogen and oxygen atoms in total. The van der Waals surface area contributed by atoms with Gasteiger partial charge in [0, 0.05) is 74.0 Å². The molecule has 172 valence electrons. The minimum Gasteiger partial charge on any atom is -0.369 e. The highest BCUT2D eigenvalue weighted by Crippen LogP contribution is 2.26. The van der Waals surface area contributed by atoms with Crippen LogP contribution in [0.5, 0.6) is 0 Å². The van der Waals surface area contributed by atoms with Gasteiger partial charge in [-0.1, -0.05) is 6.07 Å². The van der Waals surface area contributed by atoms with Crippen molar-refractivity contribution in [2.75, 3.05) is 54.4 Å². The molecule has 0 saturated carbocycles. The van der Waals surface area contributed by atoms with Gasteiger partial charge in [0.2, 0.25) is 11.9 Å². The fourth-order valence-corrected chi connectivity index (χ4v) is 4.64. The van der Waals surface area contributed by atoms with Gasteiger partial charge in [0.15, 0.2) is 0 Å². The van der Waals surface area contributed by atoms with Crippen LogP contribution in [0.4, 0.5) is 23.3 Å². The summed E-state index contributed by atoms with van der Waals surface area (Å²) in [5, 5.41) is 7.74. The van der Waals surface area contributed by atoms with Crippen LogP contribution in [0.1, 0.15) is 12.8 Å². The van der Waals surface area contributed by atoms with Crippen molar-refractivity contribution < 1.29 is 0 Å². The molecule has 6 rings (SSSR count). The largest absolute Gasteiger partial charge is 0.369 e. The molecule has 2 N–H and O–H groups in total. The van der Waals surface area contributed by atoms with E-state index in [-0.39, 0.29) is 0 Å². The van der Waals surface area contributed by atoms with Crippen molar-refractivity contribution in [3.63, 3.8) is 0 Å². The summed E-state index contributed by atoms with van der Waals surface area (Å²) in [4.78, 5) is 23.2. The molecule has 0 radical (unpaired) electrons. The molecule has 2 aromatic heterocycles. The molecule has 2 fully saturated rings. The second kappa shape index (κ2) is 9.23. The smallest absolute Gasteiger partial charge is 0.227 e. The molecule has 0 spiro atoms. The highest BCUT2D eigenvalue weighted by atomic mass is 15.3. The van der Waals surface area contributed by atoms with Gasteiger partial charge in [-0.15, -0.1) is 0 Å². The van der Waals surface area contributed by atoms with Gasteiger partial charge >= 0.3 is 0 Å². The standard InChI is InChI=1S/C26H28N8/c1-2-14-34(13-1)26-29-18-20-17-19(3-8-23(20)32-26)24-9-10-28-25(31-24)30-21-4-6-22(7-5-21)33-15-11-27-12-16-33/h3-10,17-18,27H,1-2,11-16H2,(H,28,30,31). The summed E-state index contributed by atoms with van der Waals surface area (Å²) < 4.78 is 0. The zero-order valence-electron chi connectivity index (χ0n) is 19.1. The highest BCUT2D eigenvalue weighted by Gasteiger charge is 2.15. The van der Waals surface area contributed by atoms with Gasteiger partial charge in [-0.2, -0.15) is 0 Å². The Hall–Kier alpha value is -3.78. The Labute approximate surface area is 199 Å². The number of fused-ring (bicyclic) bond motifs is 1. The van der Waals surface area contributed by atoms with E-state index in [1.165, 1.54) is 18.5 Å². The SMILES string of the molecule is c1cc(-c2ccc3nc(N4CCCC4)ncc3c2)nc(Nc2ccc(N3CCNCC3)cc2)n1. The molecule has 4 heterocycles. The predicted octanol–water partition coefficient (Wildman–Crippen LogP) is 3.84. The number of nitrogens with zero attached hydrogens (tertiary/aromatic N) is 6. The second-order valence-electron chi connectivity index (χ2n) is 8.81. The Balaban J connectivity index is 1.19. The van der Waals surface area contributed by atoms with E-state index in [0.29, 0.717) is 5.95 Å². The summed E-state index contributed by atoms with van der Waals surface area (Å²) in [5.74, 6) is 1.40. The lowest BCUT2D eigenvalue weighted by atomic mass is 10.1. The molecule has 2 aliphatic rings. The zero-order valence-corrected chi connectivity index (χ0v) is 19.1. The third-order valence-corrected chi connectivity index (χ3v) is 6.51. The molecule has 8 heteroatoms. The van der Waals surface area contributed by atoms with Crippen molar-refractivity contribution in [2.24, 2.45) is 0 Å². The lowest BCUT2D eigenvalue weighted by Gasteiger charge is -2.29. The molecular formula is C26H28N8. The van der Waals surface area contributed by atoms with Crippen LogP contribution in [-0.4, -0.2) is 59.2 Å². The molecule has 2 aliphatic heterocycles. The Kier molecular flexibility index (Phi) is 5.64. The molecule has 0 bridgehead atoms. The van der Waals surface area contributed by atoms with Gasteiger partial charge < -0.3 is 20.4 Å². The van der Waals surface area contributed by atoms with E-state index in [0.717, 1.165) is 73.1 Å². The molecule has 0 atom stereocenters. The van der Waals surface area contributed by atoms with E-state index < -0.39 is 0 Å². The van der Waals surface area contributed by atoms with Gasteiger partial charge in [-0.25, -0.2) is 19.9 Å². The number of rotatable bonds is 5. The maximum Gasteiger partial charge on any atom is 0.227 e. The Morgan fingerprint density at radius 2 is 1.62 bits per heavy atom. The summed E-state index contributed by atoms with van der Waals surface area (Å²) in [6.45, 7) is 6.21. The summed E-state index contributed by atoms with van der Waals surface area (Å²) in [5.41, 5.74) is 5.05. The predicted molar refractivity (Wildman–Crippen MR) is 137 cm³/mol. The van der Waals surface area contributed by atoms with Gasteiger partial charge in [0.1, 0.15) is 0 Å². The quantitative estimate of drug-likeness (QED) is 0.473. The molecule has 34 heavy (non-hydrogen) atoms. The first-order chi connectivity index (χ1) is 16.8. The monoisotopic (exact) mass is 452 g/mol. The summed E-state index contributed by atoms with van der Waals surface area (Å²) >= 11 is 0. The first-order valence-corrected chi connectivity index (χ1v) is 12.0. The summed E-state index contributed by atoms with van der Waals surface area (Å²) in [6, 6.07) is 16.6. The van der Waals surface area contributed by atoms with E-state index in [4.69, 9.17) is 9.97 Å². The number of piperazine rings is 1. The molecule has 0 unspecified atom stereocenters. The van der Waals surface area contributed by atoms with Gasteiger partial charge in [-0.05, 0) is 55.3 Å². The van der Waals surface area contributed by atoms with E-state index in [2.05, 4.69) is 72.9 Å². The molecule has 2 saturated heterocycles. The number of nitrogens with one attached hydrogen (secondary N) is 2. The van der Waals surface area contributed by atoms with Gasteiger partial charge in [0.05, 0.1) is 11.2 Å². The minimum atomic E-state index is 0.577. The average molecular weight is 453 g/mol.